The maximum Gasteiger partial charge on any atom is 0.226 e. The van der Waals surface area contributed by atoms with Crippen LogP contribution in [0.1, 0.15) is 25.2 Å². The van der Waals surface area contributed by atoms with Crippen LogP contribution in [-0.4, -0.2) is 47.1 Å². The van der Waals surface area contributed by atoms with Crippen LogP contribution in [0.3, 0.4) is 0 Å². The van der Waals surface area contributed by atoms with Crippen molar-refractivity contribution in [2.45, 2.75) is 39.8 Å². The molecular weight excluding hydrogens is 212 g/mol. The molecule has 0 N–H and O–H groups in total. The fourth-order valence-corrected chi connectivity index (χ4v) is 2.41. The zero-order chi connectivity index (χ0) is 12.6. The van der Waals surface area contributed by atoms with E-state index in [1.54, 1.807) is 0 Å². The summed E-state index contributed by atoms with van der Waals surface area (Å²) in [6, 6.07) is 3.04. The van der Waals surface area contributed by atoms with Crippen LogP contribution in [-0.2, 0) is 0 Å². The van der Waals surface area contributed by atoms with Crippen LogP contribution in [0.4, 0.5) is 5.95 Å². The van der Waals surface area contributed by atoms with Crippen molar-refractivity contribution < 1.29 is 0 Å². The van der Waals surface area contributed by atoms with Crippen molar-refractivity contribution in [2.75, 3.05) is 25.0 Å². The minimum Gasteiger partial charge on any atom is -0.335 e. The summed E-state index contributed by atoms with van der Waals surface area (Å²) in [5, 5.41) is 0. The molecule has 1 fully saturated rings. The Balaban J connectivity index is 2.26. The molecule has 1 aromatic rings. The monoisotopic (exact) mass is 234 g/mol. The molecule has 2 heterocycles. The highest BCUT2D eigenvalue weighted by Crippen LogP contribution is 2.19. The van der Waals surface area contributed by atoms with Gasteiger partial charge in [0.2, 0.25) is 5.95 Å². The number of hydrogen-bond donors (Lipinski definition) is 0. The van der Waals surface area contributed by atoms with Crippen molar-refractivity contribution in [3.05, 3.63) is 17.5 Å². The van der Waals surface area contributed by atoms with Crippen LogP contribution in [0.25, 0.3) is 0 Å². The highest BCUT2D eigenvalue weighted by molar-refractivity contribution is 5.35. The molecule has 2 atom stereocenters. The number of nitrogens with zero attached hydrogens (tertiary/aromatic N) is 4. The zero-order valence-corrected chi connectivity index (χ0v) is 11.4. The molecule has 0 aliphatic carbocycles. The smallest absolute Gasteiger partial charge is 0.226 e. The standard InChI is InChI=1S/C13H22N4/c1-9-6-10(2)15-13(14-9)17-8-11(3)16(5)7-12(17)4/h6,11-12H,7-8H2,1-5H3/t11-,12+/m1/s1. The molecule has 0 saturated carbocycles. The Labute approximate surface area is 104 Å². The molecular formula is C13H22N4. The van der Waals surface area contributed by atoms with Crippen LogP contribution >= 0.6 is 0 Å². The van der Waals surface area contributed by atoms with Crippen molar-refractivity contribution in [2.24, 2.45) is 0 Å². The highest BCUT2D eigenvalue weighted by Gasteiger charge is 2.28. The topological polar surface area (TPSA) is 32.3 Å². The van der Waals surface area contributed by atoms with Crippen LogP contribution in [0.2, 0.25) is 0 Å². The molecule has 1 saturated heterocycles. The Kier molecular flexibility index (Phi) is 3.33. The molecule has 4 heteroatoms. The van der Waals surface area contributed by atoms with Crippen LogP contribution in [0.15, 0.2) is 6.07 Å². The average Bonchev–Trinajstić information content (AvgIpc) is 2.22. The van der Waals surface area contributed by atoms with E-state index in [9.17, 15) is 0 Å². The van der Waals surface area contributed by atoms with Gasteiger partial charge in [-0.1, -0.05) is 0 Å². The molecule has 1 aromatic heterocycles. The number of piperazine rings is 1. The van der Waals surface area contributed by atoms with Gasteiger partial charge in [0.05, 0.1) is 0 Å². The molecule has 0 spiro atoms. The number of rotatable bonds is 1. The molecule has 2 rings (SSSR count). The summed E-state index contributed by atoms with van der Waals surface area (Å²) in [6.07, 6.45) is 0. The molecule has 0 bridgehead atoms. The second kappa shape index (κ2) is 4.61. The van der Waals surface area contributed by atoms with Gasteiger partial charge in [-0.3, -0.25) is 4.90 Å². The van der Waals surface area contributed by atoms with Gasteiger partial charge in [0.15, 0.2) is 0 Å². The van der Waals surface area contributed by atoms with Gasteiger partial charge in [0.25, 0.3) is 0 Å². The molecule has 17 heavy (non-hydrogen) atoms. The first-order valence-electron chi connectivity index (χ1n) is 6.26. The van der Waals surface area contributed by atoms with Crippen LogP contribution < -0.4 is 4.90 Å². The lowest BCUT2D eigenvalue weighted by Crippen LogP contribution is -2.55. The predicted molar refractivity (Wildman–Crippen MR) is 70.4 cm³/mol. The maximum absolute atomic E-state index is 4.56. The third-order valence-electron chi connectivity index (χ3n) is 3.53. The van der Waals surface area contributed by atoms with E-state index in [-0.39, 0.29) is 0 Å². The Morgan fingerprint density at radius 2 is 1.65 bits per heavy atom. The second-order valence-electron chi connectivity index (χ2n) is 5.24. The maximum atomic E-state index is 4.56. The Morgan fingerprint density at radius 1 is 1.06 bits per heavy atom. The molecule has 4 nitrogen and oxygen atoms in total. The minimum absolute atomic E-state index is 0.470. The molecule has 0 amide bonds. The van der Waals surface area contributed by atoms with Gasteiger partial charge in [-0.25, -0.2) is 9.97 Å². The van der Waals surface area contributed by atoms with Gasteiger partial charge in [-0.05, 0) is 40.8 Å². The zero-order valence-electron chi connectivity index (χ0n) is 11.4. The van der Waals surface area contributed by atoms with E-state index in [0.717, 1.165) is 30.4 Å². The Bertz CT molecular complexity index is 384. The van der Waals surface area contributed by atoms with Gasteiger partial charge >= 0.3 is 0 Å². The molecule has 94 valence electrons. The van der Waals surface area contributed by atoms with E-state index in [1.807, 2.05) is 19.9 Å². The lowest BCUT2D eigenvalue weighted by Gasteiger charge is -2.42. The van der Waals surface area contributed by atoms with Crippen LogP contribution in [0, 0.1) is 13.8 Å². The first-order valence-corrected chi connectivity index (χ1v) is 6.26. The quantitative estimate of drug-likeness (QED) is 0.739. The summed E-state index contributed by atoms with van der Waals surface area (Å²) in [5.41, 5.74) is 2.09. The van der Waals surface area contributed by atoms with E-state index in [1.165, 1.54) is 0 Å². The molecule has 0 aromatic carbocycles. The van der Waals surface area contributed by atoms with Crippen molar-refractivity contribution in [1.82, 2.24) is 14.9 Å². The summed E-state index contributed by atoms with van der Waals surface area (Å²) >= 11 is 0. The van der Waals surface area contributed by atoms with Gasteiger partial charge < -0.3 is 4.90 Å². The van der Waals surface area contributed by atoms with Crippen molar-refractivity contribution in [3.8, 4) is 0 Å². The molecule has 0 radical (unpaired) electrons. The third kappa shape index (κ3) is 2.57. The van der Waals surface area contributed by atoms with E-state index in [2.05, 4.69) is 40.7 Å². The second-order valence-corrected chi connectivity index (χ2v) is 5.24. The molecule has 1 aliphatic rings. The lowest BCUT2D eigenvalue weighted by atomic mass is 10.1. The molecule has 0 unspecified atom stereocenters. The fraction of sp³-hybridized carbons (Fsp3) is 0.692. The largest absolute Gasteiger partial charge is 0.335 e. The molecule has 1 aliphatic heterocycles. The number of hydrogen-bond acceptors (Lipinski definition) is 4. The Hall–Kier alpha value is -1.16. The van der Waals surface area contributed by atoms with E-state index < -0.39 is 0 Å². The van der Waals surface area contributed by atoms with Crippen molar-refractivity contribution in [3.63, 3.8) is 0 Å². The number of likely N-dealkylation sites (N-methyl/N-ethyl adjacent to an activating group) is 1. The first kappa shape index (κ1) is 12.3. The summed E-state index contributed by atoms with van der Waals surface area (Å²) in [6.45, 7) is 10.6. The summed E-state index contributed by atoms with van der Waals surface area (Å²) < 4.78 is 0. The Morgan fingerprint density at radius 3 is 2.24 bits per heavy atom. The SMILES string of the molecule is Cc1cc(C)nc(N2C[C@@H](C)N(C)C[C@@H]2C)n1. The van der Waals surface area contributed by atoms with Crippen LogP contribution in [0.5, 0.6) is 0 Å². The fourth-order valence-electron chi connectivity index (χ4n) is 2.41. The lowest BCUT2D eigenvalue weighted by molar-refractivity contribution is 0.204. The average molecular weight is 234 g/mol. The normalized spacial score (nSPS) is 26.3. The van der Waals surface area contributed by atoms with E-state index >= 15 is 0 Å². The number of aryl methyl sites for hydroxylation is 2. The highest BCUT2D eigenvalue weighted by atomic mass is 15.3. The summed E-state index contributed by atoms with van der Waals surface area (Å²) in [7, 11) is 2.18. The summed E-state index contributed by atoms with van der Waals surface area (Å²) in [5.74, 6) is 0.884. The van der Waals surface area contributed by atoms with Crippen molar-refractivity contribution in [1.29, 1.82) is 0 Å². The van der Waals surface area contributed by atoms with Crippen molar-refractivity contribution >= 4 is 5.95 Å². The first-order chi connectivity index (χ1) is 7.97. The minimum atomic E-state index is 0.470. The van der Waals surface area contributed by atoms with Gasteiger partial charge in [0, 0.05) is 36.6 Å². The summed E-state index contributed by atoms with van der Waals surface area (Å²) in [4.78, 5) is 13.8. The van der Waals surface area contributed by atoms with E-state index in [4.69, 9.17) is 0 Å². The van der Waals surface area contributed by atoms with E-state index in [0.29, 0.717) is 12.1 Å². The predicted octanol–water partition coefficient (Wildman–Crippen LogP) is 1.62. The van der Waals surface area contributed by atoms with Gasteiger partial charge in [-0.2, -0.15) is 0 Å². The van der Waals surface area contributed by atoms with Gasteiger partial charge in [0.1, 0.15) is 0 Å². The third-order valence-corrected chi connectivity index (χ3v) is 3.53. The number of aromatic nitrogens is 2. The van der Waals surface area contributed by atoms with Gasteiger partial charge in [-0.15, -0.1) is 0 Å². The number of anilines is 1.